The summed E-state index contributed by atoms with van der Waals surface area (Å²) in [6.45, 7) is 6.44. The fraction of sp³-hybridized carbons (Fsp3) is 0.917. The van der Waals surface area contributed by atoms with E-state index in [1.807, 2.05) is 0 Å². The lowest BCUT2D eigenvalue weighted by Gasteiger charge is -2.24. The molecule has 3 atom stereocenters. The van der Waals surface area contributed by atoms with E-state index in [1.54, 1.807) is 0 Å². The summed E-state index contributed by atoms with van der Waals surface area (Å²) >= 11 is 0. The van der Waals surface area contributed by atoms with Crippen molar-refractivity contribution in [1.82, 2.24) is 5.32 Å². The number of ether oxygens (including phenoxy) is 1. The summed E-state index contributed by atoms with van der Waals surface area (Å²) < 4.78 is 5.88. The summed E-state index contributed by atoms with van der Waals surface area (Å²) in [5.74, 6) is -0.472. The molecule has 0 bridgehead atoms. The highest BCUT2D eigenvalue weighted by Gasteiger charge is 2.24. The normalized spacial score (nSPS) is 13.4. The SMILES string of the molecule is CCCCCC/C=C\CCCCCCCCCC(=O)OC(CCCCCCCCC)CC(=O)NC(CO)C(O)CCCCCCCCCCCCCCC. The van der Waals surface area contributed by atoms with E-state index in [-0.39, 0.29) is 24.9 Å². The van der Waals surface area contributed by atoms with Crippen molar-refractivity contribution in [2.75, 3.05) is 6.61 Å². The van der Waals surface area contributed by atoms with Crippen LogP contribution in [0.1, 0.15) is 258 Å². The van der Waals surface area contributed by atoms with Gasteiger partial charge in [-0.05, 0) is 51.4 Å². The molecule has 0 spiro atoms. The van der Waals surface area contributed by atoms with Gasteiger partial charge in [-0.3, -0.25) is 9.59 Å². The molecule has 6 heteroatoms. The number of aliphatic hydroxyl groups is 2. The zero-order valence-corrected chi connectivity index (χ0v) is 36.4. The Labute approximate surface area is 336 Å². The molecule has 6 nitrogen and oxygen atoms in total. The van der Waals surface area contributed by atoms with Gasteiger partial charge < -0.3 is 20.3 Å². The Morgan fingerprint density at radius 1 is 0.519 bits per heavy atom. The van der Waals surface area contributed by atoms with Gasteiger partial charge in [-0.25, -0.2) is 0 Å². The topological polar surface area (TPSA) is 95.9 Å². The molecule has 0 aromatic heterocycles. The van der Waals surface area contributed by atoms with Gasteiger partial charge in [0, 0.05) is 6.42 Å². The lowest BCUT2D eigenvalue weighted by atomic mass is 10.0. The van der Waals surface area contributed by atoms with Crippen molar-refractivity contribution in [3.8, 4) is 0 Å². The number of hydrogen-bond acceptors (Lipinski definition) is 5. The van der Waals surface area contributed by atoms with E-state index in [1.165, 1.54) is 167 Å². The Kier molecular flexibility index (Phi) is 41.6. The van der Waals surface area contributed by atoms with Crippen molar-refractivity contribution >= 4 is 11.9 Å². The average Bonchev–Trinajstić information content (AvgIpc) is 3.16. The van der Waals surface area contributed by atoms with Crippen LogP contribution in [0, 0.1) is 0 Å². The molecule has 0 fully saturated rings. The number of carbonyl (C=O) groups excluding carboxylic acids is 2. The lowest BCUT2D eigenvalue weighted by Crippen LogP contribution is -2.46. The first-order chi connectivity index (χ1) is 26.5. The van der Waals surface area contributed by atoms with E-state index in [0.717, 1.165) is 44.9 Å². The molecule has 320 valence electrons. The van der Waals surface area contributed by atoms with Crippen LogP contribution in [0.2, 0.25) is 0 Å². The van der Waals surface area contributed by atoms with E-state index in [2.05, 4.69) is 38.2 Å². The van der Waals surface area contributed by atoms with E-state index in [9.17, 15) is 19.8 Å². The minimum Gasteiger partial charge on any atom is -0.462 e. The maximum absolute atomic E-state index is 13.1. The van der Waals surface area contributed by atoms with Crippen LogP contribution in [-0.2, 0) is 14.3 Å². The first-order valence-electron chi connectivity index (χ1n) is 23.9. The van der Waals surface area contributed by atoms with Crippen molar-refractivity contribution in [2.24, 2.45) is 0 Å². The molecule has 54 heavy (non-hydrogen) atoms. The summed E-state index contributed by atoms with van der Waals surface area (Å²) in [5.41, 5.74) is 0. The molecular formula is C48H93NO5. The third-order valence-electron chi connectivity index (χ3n) is 11.1. The minimum atomic E-state index is -0.780. The Hall–Kier alpha value is -1.40. The van der Waals surface area contributed by atoms with Crippen molar-refractivity contribution in [2.45, 2.75) is 277 Å². The highest BCUT2D eigenvalue weighted by molar-refractivity contribution is 5.77. The number of esters is 1. The number of carbonyl (C=O) groups is 2. The second-order valence-corrected chi connectivity index (χ2v) is 16.5. The first kappa shape index (κ1) is 52.6. The summed E-state index contributed by atoms with van der Waals surface area (Å²) in [7, 11) is 0. The van der Waals surface area contributed by atoms with Crippen molar-refractivity contribution < 1.29 is 24.5 Å². The largest absolute Gasteiger partial charge is 0.462 e. The van der Waals surface area contributed by atoms with Crippen molar-refractivity contribution in [3.63, 3.8) is 0 Å². The van der Waals surface area contributed by atoms with Crippen LogP contribution in [0.15, 0.2) is 12.2 Å². The molecule has 3 unspecified atom stereocenters. The molecule has 0 radical (unpaired) electrons. The molecule has 0 aliphatic heterocycles. The number of amides is 1. The first-order valence-corrected chi connectivity index (χ1v) is 23.9. The third-order valence-corrected chi connectivity index (χ3v) is 11.1. The molecular weight excluding hydrogens is 671 g/mol. The highest BCUT2D eigenvalue weighted by atomic mass is 16.5. The predicted octanol–water partition coefficient (Wildman–Crippen LogP) is 13.8. The molecule has 0 rings (SSSR count). The van der Waals surface area contributed by atoms with Gasteiger partial charge in [-0.15, -0.1) is 0 Å². The second-order valence-electron chi connectivity index (χ2n) is 16.5. The predicted molar refractivity (Wildman–Crippen MR) is 232 cm³/mol. The van der Waals surface area contributed by atoms with Crippen LogP contribution in [0.25, 0.3) is 0 Å². The minimum absolute atomic E-state index is 0.0809. The Balaban J connectivity index is 4.38. The average molecular weight is 764 g/mol. The van der Waals surface area contributed by atoms with Crippen LogP contribution in [0.3, 0.4) is 0 Å². The molecule has 3 N–H and O–H groups in total. The van der Waals surface area contributed by atoms with Crippen LogP contribution in [-0.4, -0.2) is 46.9 Å². The number of nitrogens with one attached hydrogen (secondary N) is 1. The molecule has 0 aromatic carbocycles. The Morgan fingerprint density at radius 2 is 0.889 bits per heavy atom. The van der Waals surface area contributed by atoms with Crippen LogP contribution in [0.4, 0.5) is 0 Å². The quantitative estimate of drug-likeness (QED) is 0.0326. The molecule has 0 saturated carbocycles. The van der Waals surface area contributed by atoms with Crippen LogP contribution < -0.4 is 5.32 Å². The van der Waals surface area contributed by atoms with Gasteiger partial charge >= 0.3 is 5.97 Å². The maximum atomic E-state index is 13.1. The standard InChI is InChI=1S/C48H93NO5/c1-4-7-10-13-16-18-20-22-23-25-27-29-32-35-38-41-48(53)54-44(39-36-33-30-15-12-9-6-3)42-47(52)49-45(43-50)46(51)40-37-34-31-28-26-24-21-19-17-14-11-8-5-2/h18,20,44-46,50-51H,4-17,19,21-43H2,1-3H3,(H,49,52)/b20-18-. The fourth-order valence-corrected chi connectivity index (χ4v) is 7.43. The van der Waals surface area contributed by atoms with Crippen molar-refractivity contribution in [1.29, 1.82) is 0 Å². The van der Waals surface area contributed by atoms with Crippen LogP contribution >= 0.6 is 0 Å². The van der Waals surface area contributed by atoms with Gasteiger partial charge in [0.25, 0.3) is 0 Å². The number of rotatable bonds is 43. The van der Waals surface area contributed by atoms with Crippen LogP contribution in [0.5, 0.6) is 0 Å². The zero-order valence-electron chi connectivity index (χ0n) is 36.4. The number of allylic oxidation sites excluding steroid dienone is 2. The zero-order chi connectivity index (χ0) is 39.6. The monoisotopic (exact) mass is 764 g/mol. The van der Waals surface area contributed by atoms with E-state index >= 15 is 0 Å². The molecule has 0 aliphatic carbocycles. The van der Waals surface area contributed by atoms with Gasteiger partial charge in [0.15, 0.2) is 0 Å². The molecule has 0 aromatic rings. The van der Waals surface area contributed by atoms with Gasteiger partial charge in [0.1, 0.15) is 6.10 Å². The smallest absolute Gasteiger partial charge is 0.306 e. The van der Waals surface area contributed by atoms with E-state index < -0.39 is 18.2 Å². The lowest BCUT2D eigenvalue weighted by molar-refractivity contribution is -0.151. The molecule has 0 aliphatic rings. The van der Waals surface area contributed by atoms with E-state index in [4.69, 9.17) is 4.74 Å². The highest BCUT2D eigenvalue weighted by Crippen LogP contribution is 2.18. The molecule has 1 amide bonds. The molecule has 0 heterocycles. The summed E-state index contributed by atoms with van der Waals surface area (Å²) in [4.78, 5) is 25.9. The van der Waals surface area contributed by atoms with Gasteiger partial charge in [0.05, 0.1) is 25.2 Å². The third kappa shape index (κ3) is 37.5. The summed E-state index contributed by atoms with van der Waals surface area (Å²) in [5, 5.41) is 23.6. The fourth-order valence-electron chi connectivity index (χ4n) is 7.43. The van der Waals surface area contributed by atoms with E-state index in [0.29, 0.717) is 19.3 Å². The summed E-state index contributed by atoms with van der Waals surface area (Å²) in [6.07, 6.45) is 45.6. The molecule has 0 saturated heterocycles. The Bertz CT molecular complexity index is 817. The van der Waals surface area contributed by atoms with Crippen molar-refractivity contribution in [3.05, 3.63) is 12.2 Å². The maximum Gasteiger partial charge on any atom is 0.306 e. The Morgan fingerprint density at radius 3 is 1.33 bits per heavy atom. The summed E-state index contributed by atoms with van der Waals surface area (Å²) in [6, 6.07) is -0.693. The number of aliphatic hydroxyl groups excluding tert-OH is 2. The van der Waals surface area contributed by atoms with Gasteiger partial charge in [-0.2, -0.15) is 0 Å². The number of unbranched alkanes of at least 4 members (excludes halogenated alkanes) is 29. The number of hydrogen-bond donors (Lipinski definition) is 3. The van der Waals surface area contributed by atoms with Gasteiger partial charge in [0.2, 0.25) is 5.91 Å². The van der Waals surface area contributed by atoms with Gasteiger partial charge in [-0.1, -0.05) is 206 Å². The second kappa shape index (κ2) is 42.7.